The van der Waals surface area contributed by atoms with Crippen molar-refractivity contribution < 1.29 is 60.5 Å². The number of ether oxygens (including phenoxy) is 1. The van der Waals surface area contributed by atoms with Crippen LogP contribution in [0, 0.1) is 0 Å². The lowest BCUT2D eigenvalue weighted by atomic mass is 8.76. The zero-order valence-corrected chi connectivity index (χ0v) is 72.7. The maximum absolute atomic E-state index is 12.5. The Morgan fingerprint density at radius 3 is 0.848 bits per heavy atom. The summed E-state index contributed by atoms with van der Waals surface area (Å²) in [6, 6.07) is 97.2. The fraction of sp³-hybridized carbons (Fsp3) is 0.230. The second kappa shape index (κ2) is 56.4. The molecule has 2 atom stereocenters. The van der Waals surface area contributed by atoms with Gasteiger partial charge in [0.05, 0.1) is 38.8 Å². The zero-order chi connectivity index (χ0) is 91.9. The number of hydrogen-bond acceptors (Lipinski definition) is 11. The number of carbonyl (C=O) groups excluding carboxylic acids is 3. The molecule has 0 saturated carbocycles. The number of aliphatic carboxylic acids is 1. The monoisotopic (exact) mass is 1730 g/mol. The van der Waals surface area contributed by atoms with Gasteiger partial charge < -0.3 is 14.9 Å². The van der Waals surface area contributed by atoms with Gasteiger partial charge in [-0.1, -0.05) is 172 Å². The van der Waals surface area contributed by atoms with Gasteiger partial charge in [0.1, 0.15) is 25.1 Å². The predicted molar refractivity (Wildman–Crippen MR) is 511 cm³/mol. The number of carboxylic acids is 1. The van der Waals surface area contributed by atoms with E-state index < -0.39 is 42.0 Å². The van der Waals surface area contributed by atoms with Gasteiger partial charge in [-0.05, 0) is 186 Å². The Balaban J connectivity index is 0.000000252. The van der Waals surface area contributed by atoms with Crippen molar-refractivity contribution in [2.24, 2.45) is 0 Å². The van der Waals surface area contributed by atoms with E-state index in [1.54, 1.807) is 24.8 Å². The lowest BCUT2D eigenvalue weighted by Crippen LogP contribution is -2.43. The quantitative estimate of drug-likeness (QED) is 0.0339. The number of aromatic nitrogens is 6. The number of β-amino-alcohol motifs (C(OH)–C–C–N with tert-alkyl or cyclic N) is 1. The highest BCUT2D eigenvalue weighted by molar-refractivity contribution is 7.97. The van der Waals surface area contributed by atoms with Crippen LogP contribution >= 0.6 is 0 Å². The first-order valence-corrected chi connectivity index (χ1v) is 43.0. The van der Waals surface area contributed by atoms with Crippen molar-refractivity contribution in [1.29, 1.82) is 0 Å². The van der Waals surface area contributed by atoms with E-state index in [1.165, 1.54) is 85.3 Å². The molecule has 0 aliphatic carbocycles. The van der Waals surface area contributed by atoms with Gasteiger partial charge >= 0.3 is 41.6 Å². The van der Waals surface area contributed by atoms with Crippen molar-refractivity contribution in [3.05, 3.63) is 329 Å². The number of aliphatic hydroxyl groups is 1. The van der Waals surface area contributed by atoms with Crippen LogP contribution in [-0.2, 0) is 47.0 Å². The number of alkyl halides is 6. The van der Waals surface area contributed by atoms with Crippen LogP contribution in [0.3, 0.4) is 0 Å². The summed E-state index contributed by atoms with van der Waals surface area (Å²) in [7, 11) is 39.6. The first-order chi connectivity index (χ1) is 59.5. The van der Waals surface area contributed by atoms with Gasteiger partial charge in [0, 0.05) is 147 Å². The van der Waals surface area contributed by atoms with Crippen molar-refractivity contribution in [2.45, 2.75) is 147 Å². The van der Waals surface area contributed by atoms with Crippen LogP contribution in [-0.4, -0.2) is 242 Å². The lowest BCUT2D eigenvalue weighted by Gasteiger charge is -2.20. The third-order valence-corrected chi connectivity index (χ3v) is 24.0. The number of carboxylic acid groups (broad SMARTS) is 1. The molecule has 2 N–H and O–H groups in total. The van der Waals surface area contributed by atoms with Crippen molar-refractivity contribution in [1.82, 2.24) is 38.5 Å². The highest BCUT2D eigenvalue weighted by atomic mass is 32.2. The van der Waals surface area contributed by atoms with Crippen LogP contribution in [0.1, 0.15) is 66.1 Å². The largest absolute Gasteiger partial charge is 0.477 e. The Morgan fingerprint density at radius 1 is 0.432 bits per heavy atom. The number of halogens is 6. The van der Waals surface area contributed by atoms with E-state index in [1.807, 2.05) is 20.9 Å². The number of nitrogens with zero attached hydrogens (tertiary/aromatic N) is 8. The maximum Gasteiger partial charge on any atom is 0.376 e. The van der Waals surface area contributed by atoms with Crippen LogP contribution in [0.5, 0.6) is 0 Å². The summed E-state index contributed by atoms with van der Waals surface area (Å²) in [6.07, 6.45) is 12.5. The minimum absolute atomic E-state index is 0.0146. The third kappa shape index (κ3) is 39.4. The van der Waals surface area contributed by atoms with E-state index in [9.17, 15) is 45.5 Å². The van der Waals surface area contributed by atoms with Crippen LogP contribution in [0.25, 0.3) is 0 Å². The Hall–Kier alpha value is -9.69. The molecule has 3 aromatic heterocycles. The molecule has 2 saturated heterocycles. The molecular formula is C87H96B14F6N8O7S3+2. The molecule has 16 radical (unpaired) electrons. The smallest absolute Gasteiger partial charge is 0.376 e. The molecule has 2 aliphatic rings. The van der Waals surface area contributed by atoms with Crippen LogP contribution in [0.15, 0.2) is 373 Å². The van der Waals surface area contributed by atoms with Crippen molar-refractivity contribution in [3.8, 4) is 0 Å². The number of esters is 1. The summed E-state index contributed by atoms with van der Waals surface area (Å²) >= 11 is 0. The molecule has 2 unspecified atom stereocenters. The maximum atomic E-state index is 12.5. The summed E-state index contributed by atoms with van der Waals surface area (Å²) in [6.45, 7) is 13.1. The molecule has 2 aliphatic heterocycles. The van der Waals surface area contributed by atoms with Gasteiger partial charge in [0.2, 0.25) is 0 Å². The zero-order valence-electron chi connectivity index (χ0n) is 70.2. The SMILES string of the molecule is CC(C)N1CCC(O)C1.CC(C)N1CCC(OC(=O)C(C)(F)F)C1.CC(F)(F)C(=O)O.CC(F)(F)C(=O)n1ccnc1.O=C(n1ccnc1)n1ccnc1.[B]B([B])B([B])[B][BH3-].[B][B]B([B])B([B])[B].c1ccc([S+](c2ccccc2)c2ccccc2)cc1.c1ccc([S+](c2ccccc2)c2ccccc2)cc1.c1ccc([S+](c2ccccc2)c2ccccc2)cc1. The molecule has 0 bridgehead atoms. The van der Waals surface area contributed by atoms with Crippen molar-refractivity contribution in [3.63, 3.8) is 0 Å². The van der Waals surface area contributed by atoms with E-state index in [-0.39, 0.29) is 77.8 Å². The number of aliphatic hydroxyl groups excluding tert-OH is 1. The van der Waals surface area contributed by atoms with E-state index in [0.717, 1.165) is 36.9 Å². The Labute approximate surface area is 754 Å². The molecule has 626 valence electrons. The van der Waals surface area contributed by atoms with Crippen molar-refractivity contribution in [2.75, 3.05) is 26.2 Å². The van der Waals surface area contributed by atoms with E-state index in [2.05, 4.69) is 312 Å². The van der Waals surface area contributed by atoms with Gasteiger partial charge in [0.15, 0.2) is 44.1 Å². The summed E-state index contributed by atoms with van der Waals surface area (Å²) in [5, 5.41) is 16.6. The Morgan fingerprint density at radius 2 is 0.688 bits per heavy atom. The Bertz CT molecular complexity index is 4270. The molecule has 125 heavy (non-hydrogen) atoms. The average molecular weight is 1730 g/mol. The summed E-state index contributed by atoms with van der Waals surface area (Å²) in [5.74, 6) is -15.1. The van der Waals surface area contributed by atoms with Gasteiger partial charge in [-0.3, -0.25) is 28.3 Å². The summed E-state index contributed by atoms with van der Waals surface area (Å²) in [5.41, 5.74) is 0. The van der Waals surface area contributed by atoms with Gasteiger partial charge in [0.25, 0.3) is 0 Å². The molecular weight excluding hydrogens is 1630 g/mol. The van der Waals surface area contributed by atoms with Crippen molar-refractivity contribution >= 4 is 158 Å². The first-order valence-electron chi connectivity index (χ1n) is 39.3. The number of carbonyl (C=O) groups is 4. The molecule has 15 nitrogen and oxygen atoms in total. The molecule has 9 aromatic carbocycles. The highest BCUT2D eigenvalue weighted by Gasteiger charge is 2.39. The molecule has 5 heterocycles. The third-order valence-electron chi connectivity index (χ3n) is 17.3. The Kier molecular flexibility index (Phi) is 47.8. The fourth-order valence-corrected chi connectivity index (χ4v) is 17.0. The van der Waals surface area contributed by atoms with E-state index >= 15 is 0 Å². The van der Waals surface area contributed by atoms with Gasteiger partial charge in [-0.15, -0.1) is 0 Å². The first kappa shape index (κ1) is 106. The van der Waals surface area contributed by atoms with Crippen LogP contribution < -0.4 is 0 Å². The second-order valence-electron chi connectivity index (χ2n) is 28.1. The molecule has 12 aromatic rings. The van der Waals surface area contributed by atoms with E-state index in [4.69, 9.17) is 69.1 Å². The molecule has 0 amide bonds. The second-order valence-corrected chi connectivity index (χ2v) is 34.2. The van der Waals surface area contributed by atoms with Gasteiger partial charge in [-0.2, -0.15) is 33.4 Å². The minimum Gasteiger partial charge on any atom is -0.477 e. The molecule has 2 fully saturated rings. The number of rotatable bonds is 19. The lowest BCUT2D eigenvalue weighted by molar-refractivity contribution is -0.174. The standard InChI is InChI=1S/3C18H15S.C10H17F2NO2.C7H6N4O.C7H15NO.C6H6F2N2O.C3H4F2O2.B7H3.B7/c3*1-4-10-16(11-5-1)19(17-12-6-2-7-13-17)18-14-8-3-9-15-18;1-7(2)13-5-4-8(6-13)15-9(14)10(3,11)12;12-7(10-3-1-8-5-10)11-4-2-9-6-11;1-6(2)8-4-3-7(9)5-8;1-6(7,8)5(11)10-3-2-9-4-10;1-3(4,5)2(6)7;2*1-5-7(4)6(2)3/h3*1-15H;7-8H,4-6H2,1-3H3;1-6H;6-7,9H,3-5H2,1-2H3;2-4H,1H3;1H3,(H,6,7);1H3;/q3*+1;;;;;;-1;. The number of hydrogen-bond donors (Lipinski definition) is 2. The van der Waals surface area contributed by atoms with Crippen LogP contribution in [0.4, 0.5) is 31.1 Å². The number of imidazole rings is 3. The van der Waals surface area contributed by atoms with E-state index in [0.29, 0.717) is 45.8 Å². The summed E-state index contributed by atoms with van der Waals surface area (Å²) < 4.78 is 80.4. The molecule has 14 rings (SSSR count). The number of benzene rings is 9. The molecule has 38 heteroatoms. The summed E-state index contributed by atoms with van der Waals surface area (Å²) in [4.78, 5) is 69.9. The highest BCUT2D eigenvalue weighted by Crippen LogP contribution is 2.34. The topological polar surface area (TPSA) is 178 Å². The minimum atomic E-state index is -3.58. The normalized spacial score (nSPS) is 13.2. The fourth-order valence-electron chi connectivity index (χ4n) is 10.7. The van der Waals surface area contributed by atoms with Gasteiger partial charge in [-0.25, -0.2) is 29.3 Å². The molecule has 0 spiro atoms. The number of likely N-dealkylation sites (tertiary alicyclic amines) is 2. The van der Waals surface area contributed by atoms with Crippen LogP contribution in [0.2, 0.25) is 0 Å². The average Bonchev–Trinajstić information content (AvgIpc) is 1.53. The predicted octanol–water partition coefficient (Wildman–Crippen LogP) is 12.8.